The Morgan fingerprint density at radius 3 is 2.39 bits per heavy atom. The van der Waals surface area contributed by atoms with Gasteiger partial charge in [0, 0.05) is 12.2 Å². The quantitative estimate of drug-likeness (QED) is 0.215. The second-order valence-electron chi connectivity index (χ2n) is 11.5. The highest BCUT2D eigenvalue weighted by Gasteiger charge is 2.38. The molecular weight excluding hydrogens is 558 g/mol. The van der Waals surface area contributed by atoms with E-state index in [1.807, 2.05) is 72.8 Å². The number of unbranched alkanes of at least 4 members (excludes halogenated alkanes) is 1. The van der Waals surface area contributed by atoms with E-state index in [1.54, 1.807) is 18.7 Å². The van der Waals surface area contributed by atoms with E-state index in [9.17, 15) is 19.2 Å². The van der Waals surface area contributed by atoms with Gasteiger partial charge in [-0.1, -0.05) is 74.5 Å². The number of hydrogen-bond donors (Lipinski definition) is 4. The van der Waals surface area contributed by atoms with Crippen molar-refractivity contribution in [3.05, 3.63) is 78.4 Å². The predicted octanol–water partition coefficient (Wildman–Crippen LogP) is 4.33. The van der Waals surface area contributed by atoms with Gasteiger partial charge in [0.25, 0.3) is 0 Å². The molecule has 10 nitrogen and oxygen atoms in total. The monoisotopic (exact) mass is 601 g/mol. The molecule has 1 saturated heterocycles. The summed E-state index contributed by atoms with van der Waals surface area (Å²) in [5, 5.41) is 10.6. The third-order valence-corrected chi connectivity index (χ3v) is 7.85. The smallest absolute Gasteiger partial charge is 0.408 e. The van der Waals surface area contributed by atoms with Crippen molar-refractivity contribution in [3.8, 4) is 0 Å². The van der Waals surface area contributed by atoms with E-state index in [4.69, 9.17) is 10.5 Å². The lowest BCUT2D eigenvalue weighted by atomic mass is 10.0. The normalized spacial score (nSPS) is 15.9. The molecule has 1 fully saturated rings. The molecule has 0 aromatic heterocycles. The topological polar surface area (TPSA) is 143 Å². The van der Waals surface area contributed by atoms with E-state index in [0.29, 0.717) is 50.9 Å². The second kappa shape index (κ2) is 15.9. The molecule has 234 valence electrons. The third-order valence-electron chi connectivity index (χ3n) is 7.85. The Hall–Kier alpha value is -4.44. The zero-order valence-electron chi connectivity index (χ0n) is 25.5. The molecule has 3 aromatic rings. The lowest BCUT2D eigenvalue weighted by Crippen LogP contribution is -2.57. The molecule has 1 heterocycles. The van der Waals surface area contributed by atoms with E-state index in [2.05, 4.69) is 16.0 Å². The fourth-order valence-corrected chi connectivity index (χ4v) is 5.43. The van der Waals surface area contributed by atoms with E-state index in [-0.39, 0.29) is 24.3 Å². The zero-order valence-corrected chi connectivity index (χ0v) is 25.5. The summed E-state index contributed by atoms with van der Waals surface area (Å²) >= 11 is 0. The van der Waals surface area contributed by atoms with Crippen molar-refractivity contribution in [3.63, 3.8) is 0 Å². The molecule has 4 amide bonds. The molecule has 0 saturated carbocycles. The third kappa shape index (κ3) is 8.79. The van der Waals surface area contributed by atoms with E-state index < -0.39 is 30.1 Å². The first-order valence-corrected chi connectivity index (χ1v) is 15.3. The van der Waals surface area contributed by atoms with Crippen molar-refractivity contribution in [1.82, 2.24) is 15.5 Å². The van der Waals surface area contributed by atoms with Crippen LogP contribution in [0.4, 0.5) is 10.5 Å². The molecule has 4 rings (SSSR count). The Morgan fingerprint density at radius 1 is 0.932 bits per heavy atom. The number of anilines is 1. The molecule has 0 radical (unpaired) electrons. The molecule has 5 N–H and O–H groups in total. The van der Waals surface area contributed by atoms with Crippen LogP contribution in [0, 0.1) is 5.92 Å². The largest absolute Gasteiger partial charge is 0.445 e. The lowest BCUT2D eigenvalue weighted by molar-refractivity contribution is -0.140. The molecule has 3 aromatic carbocycles. The minimum absolute atomic E-state index is 0.0664. The van der Waals surface area contributed by atoms with Crippen LogP contribution in [0.1, 0.15) is 51.5 Å². The van der Waals surface area contributed by atoms with Crippen LogP contribution in [0.2, 0.25) is 0 Å². The van der Waals surface area contributed by atoms with Crippen molar-refractivity contribution < 1.29 is 23.9 Å². The van der Waals surface area contributed by atoms with Crippen LogP contribution >= 0.6 is 0 Å². The second-order valence-corrected chi connectivity index (χ2v) is 11.5. The number of carbonyl (C=O) groups excluding carboxylic acids is 4. The average molecular weight is 602 g/mol. The van der Waals surface area contributed by atoms with E-state index in [0.717, 1.165) is 16.3 Å². The summed E-state index contributed by atoms with van der Waals surface area (Å²) in [5.74, 6) is -1.34. The molecule has 0 bridgehead atoms. The molecule has 1 aliphatic rings. The molecule has 0 spiro atoms. The summed E-state index contributed by atoms with van der Waals surface area (Å²) in [4.78, 5) is 54.9. The van der Waals surface area contributed by atoms with Crippen LogP contribution in [0.5, 0.6) is 0 Å². The number of nitrogens with two attached hydrogens (primary N) is 1. The minimum Gasteiger partial charge on any atom is -0.445 e. The van der Waals surface area contributed by atoms with Gasteiger partial charge >= 0.3 is 6.09 Å². The van der Waals surface area contributed by atoms with Gasteiger partial charge in [0.2, 0.25) is 17.7 Å². The summed E-state index contributed by atoms with van der Waals surface area (Å²) in [7, 11) is 0. The number of alkyl carbamates (subject to hydrolysis) is 1. The number of ether oxygens (including phenoxy) is 1. The number of likely N-dealkylation sites (tertiary alicyclic amines) is 1. The first kappa shape index (κ1) is 32.5. The standard InChI is InChI=1S/C34H43N5O5/c1-23(2)30(38-34(43)44-22-24-11-4-3-5-12-24)32(41)37-28(15-8-9-19-35)33(42)39-20-10-16-29(39)31(40)36-27-18-17-25-13-6-7-14-26(25)21-27/h3-7,11-14,17-18,21,23,28-30H,8-10,15-16,19-20,22,35H2,1-2H3,(H,36,40)(H,37,41)(H,38,43)/t28-,29-,30-/m0/s1. The van der Waals surface area contributed by atoms with Gasteiger partial charge in [0.05, 0.1) is 0 Å². The van der Waals surface area contributed by atoms with Crippen LogP contribution < -0.4 is 21.7 Å². The molecule has 10 heteroatoms. The highest BCUT2D eigenvalue weighted by Crippen LogP contribution is 2.24. The van der Waals surface area contributed by atoms with Crippen LogP contribution in [-0.4, -0.2) is 59.9 Å². The number of fused-ring (bicyclic) bond motifs is 1. The Morgan fingerprint density at radius 2 is 1.66 bits per heavy atom. The van der Waals surface area contributed by atoms with Gasteiger partial charge in [-0.05, 0) is 73.0 Å². The van der Waals surface area contributed by atoms with Gasteiger partial charge in [0.1, 0.15) is 24.7 Å². The maximum atomic E-state index is 13.9. The molecule has 0 unspecified atom stereocenters. The highest BCUT2D eigenvalue weighted by molar-refractivity contribution is 6.00. The summed E-state index contributed by atoms with van der Waals surface area (Å²) in [6, 6.07) is 20.4. The van der Waals surface area contributed by atoms with Gasteiger partial charge in [-0.15, -0.1) is 0 Å². The summed E-state index contributed by atoms with van der Waals surface area (Å²) in [6.07, 6.45) is 2.14. The summed E-state index contributed by atoms with van der Waals surface area (Å²) in [5.41, 5.74) is 7.18. The van der Waals surface area contributed by atoms with Gasteiger partial charge in [-0.2, -0.15) is 0 Å². The fraction of sp³-hybridized carbons (Fsp3) is 0.412. The van der Waals surface area contributed by atoms with Crippen molar-refractivity contribution in [2.75, 3.05) is 18.4 Å². The number of carbonyl (C=O) groups is 4. The first-order valence-electron chi connectivity index (χ1n) is 15.3. The van der Waals surface area contributed by atoms with Crippen LogP contribution in [-0.2, 0) is 25.7 Å². The SMILES string of the molecule is CC(C)[C@H](NC(=O)OCc1ccccc1)C(=O)N[C@@H](CCCCN)C(=O)N1CCC[C@H]1C(=O)Nc1ccc2ccccc2c1. The number of nitrogens with one attached hydrogen (secondary N) is 3. The predicted molar refractivity (Wildman–Crippen MR) is 171 cm³/mol. The minimum atomic E-state index is -0.923. The first-order chi connectivity index (χ1) is 21.3. The van der Waals surface area contributed by atoms with Gasteiger partial charge in [-0.3, -0.25) is 14.4 Å². The van der Waals surface area contributed by atoms with Crippen LogP contribution in [0.15, 0.2) is 72.8 Å². The summed E-state index contributed by atoms with van der Waals surface area (Å²) < 4.78 is 5.32. The van der Waals surface area contributed by atoms with Crippen molar-refractivity contribution >= 4 is 40.3 Å². The Balaban J connectivity index is 1.41. The molecule has 0 aliphatic carbocycles. The Kier molecular flexibility index (Phi) is 11.7. The average Bonchev–Trinajstić information content (AvgIpc) is 3.52. The van der Waals surface area contributed by atoms with Gasteiger partial charge in [0.15, 0.2) is 0 Å². The maximum Gasteiger partial charge on any atom is 0.408 e. The molecule has 1 aliphatic heterocycles. The maximum absolute atomic E-state index is 13.9. The van der Waals surface area contributed by atoms with E-state index in [1.165, 1.54) is 0 Å². The Bertz CT molecular complexity index is 1430. The molecule has 3 atom stereocenters. The van der Waals surface area contributed by atoms with Crippen LogP contribution in [0.3, 0.4) is 0 Å². The number of benzene rings is 3. The zero-order chi connectivity index (χ0) is 31.5. The van der Waals surface area contributed by atoms with Crippen molar-refractivity contribution in [2.24, 2.45) is 11.7 Å². The number of hydrogen-bond acceptors (Lipinski definition) is 6. The number of rotatable bonds is 13. The fourth-order valence-electron chi connectivity index (χ4n) is 5.43. The van der Waals surface area contributed by atoms with Crippen molar-refractivity contribution in [2.45, 2.75) is 70.7 Å². The number of amides is 4. The number of nitrogens with zero attached hydrogens (tertiary/aromatic N) is 1. The molecule has 44 heavy (non-hydrogen) atoms. The molecular formula is C34H43N5O5. The summed E-state index contributed by atoms with van der Waals surface area (Å²) in [6.45, 7) is 4.55. The van der Waals surface area contributed by atoms with Gasteiger partial charge in [-0.25, -0.2) is 4.79 Å². The highest BCUT2D eigenvalue weighted by atomic mass is 16.5. The van der Waals surface area contributed by atoms with Crippen LogP contribution in [0.25, 0.3) is 10.8 Å². The Labute approximate surface area is 258 Å². The lowest BCUT2D eigenvalue weighted by Gasteiger charge is -2.30. The van der Waals surface area contributed by atoms with Crippen molar-refractivity contribution in [1.29, 1.82) is 0 Å². The van der Waals surface area contributed by atoms with E-state index >= 15 is 0 Å². The van der Waals surface area contributed by atoms with Gasteiger partial charge < -0.3 is 31.3 Å².